The second-order valence-corrected chi connectivity index (χ2v) is 7.57. The Morgan fingerprint density at radius 3 is 2.09 bits per heavy atom. The zero-order chi connectivity index (χ0) is 23.5. The Hall–Kier alpha value is -4.46. The summed E-state index contributed by atoms with van der Waals surface area (Å²) in [4.78, 5) is 50.5. The number of amides is 4. The number of imide groups is 1. The molecule has 0 unspecified atom stereocenters. The summed E-state index contributed by atoms with van der Waals surface area (Å²) in [6.07, 6.45) is 0.113. The molecule has 0 atom stereocenters. The van der Waals surface area contributed by atoms with Crippen LogP contribution in [-0.4, -0.2) is 35.6 Å². The van der Waals surface area contributed by atoms with E-state index in [-0.39, 0.29) is 30.3 Å². The molecule has 3 N–H and O–H groups in total. The highest BCUT2D eigenvalue weighted by atomic mass is 16.5. The van der Waals surface area contributed by atoms with E-state index in [1.54, 1.807) is 66.7 Å². The topological polar surface area (TPSA) is 119 Å². The van der Waals surface area contributed by atoms with E-state index in [9.17, 15) is 19.2 Å². The number of hydrogen-bond donors (Lipinski definition) is 2. The lowest BCUT2D eigenvalue weighted by molar-refractivity contribution is -0.117. The number of nitrogens with one attached hydrogen (secondary N) is 1. The lowest BCUT2D eigenvalue weighted by atomic mass is 10.1. The average Bonchev–Trinajstić information content (AvgIpc) is 3.05. The highest BCUT2D eigenvalue weighted by molar-refractivity contribution is 6.21. The molecule has 0 saturated carbocycles. The number of anilines is 1. The molecule has 1 heterocycles. The van der Waals surface area contributed by atoms with Crippen LogP contribution in [0.1, 0.15) is 42.2 Å². The molecular formula is C25H21N3O5. The summed E-state index contributed by atoms with van der Waals surface area (Å²) in [6, 6.07) is 18.3. The lowest BCUT2D eigenvalue weighted by Crippen LogP contribution is -2.29. The van der Waals surface area contributed by atoms with E-state index in [1.165, 1.54) is 7.11 Å². The van der Waals surface area contributed by atoms with E-state index in [0.29, 0.717) is 28.1 Å². The number of primary amides is 1. The van der Waals surface area contributed by atoms with E-state index < -0.39 is 11.8 Å². The second kappa shape index (κ2) is 8.96. The third kappa shape index (κ3) is 4.45. The van der Waals surface area contributed by atoms with Crippen molar-refractivity contribution in [3.05, 3.63) is 94.5 Å². The Bertz CT molecular complexity index is 1230. The van der Waals surface area contributed by atoms with Gasteiger partial charge in [-0.1, -0.05) is 30.3 Å². The number of fused-ring (bicyclic) bond motifs is 1. The molecule has 0 saturated heterocycles. The van der Waals surface area contributed by atoms with E-state index >= 15 is 0 Å². The molecule has 0 fully saturated rings. The number of carbonyl (C=O) groups excluding carboxylic acids is 4. The minimum absolute atomic E-state index is 0.0262. The first-order valence-corrected chi connectivity index (χ1v) is 10.2. The van der Waals surface area contributed by atoms with E-state index in [4.69, 9.17) is 10.5 Å². The molecule has 0 radical (unpaired) electrons. The molecule has 4 rings (SSSR count). The van der Waals surface area contributed by atoms with Crippen LogP contribution >= 0.6 is 0 Å². The van der Waals surface area contributed by atoms with Crippen LogP contribution in [0.25, 0.3) is 0 Å². The van der Waals surface area contributed by atoms with Gasteiger partial charge >= 0.3 is 0 Å². The van der Waals surface area contributed by atoms with Crippen LogP contribution < -0.4 is 15.8 Å². The fraction of sp³-hybridized carbons (Fsp3) is 0.120. The van der Waals surface area contributed by atoms with Gasteiger partial charge in [0.15, 0.2) is 0 Å². The Kier molecular flexibility index (Phi) is 5.91. The highest BCUT2D eigenvalue weighted by Gasteiger charge is 2.35. The van der Waals surface area contributed by atoms with Crippen molar-refractivity contribution in [3.63, 3.8) is 0 Å². The Morgan fingerprint density at radius 2 is 1.52 bits per heavy atom. The molecule has 3 aromatic rings. The molecule has 166 valence electrons. The predicted octanol–water partition coefficient (Wildman–Crippen LogP) is 2.77. The summed E-state index contributed by atoms with van der Waals surface area (Å²) in [5.41, 5.74) is 8.06. The highest BCUT2D eigenvalue weighted by Crippen LogP contribution is 2.27. The van der Waals surface area contributed by atoms with Crippen LogP contribution in [0.4, 0.5) is 5.69 Å². The number of nitrogens with zero attached hydrogens (tertiary/aromatic N) is 1. The summed E-state index contributed by atoms with van der Waals surface area (Å²) in [5.74, 6) is -1.24. The summed E-state index contributed by atoms with van der Waals surface area (Å²) in [6.45, 7) is 0.0262. The van der Waals surface area contributed by atoms with Crippen molar-refractivity contribution in [1.82, 2.24) is 4.90 Å². The number of nitrogens with two attached hydrogens (primary N) is 1. The second-order valence-electron chi connectivity index (χ2n) is 7.57. The van der Waals surface area contributed by atoms with E-state index in [2.05, 4.69) is 5.32 Å². The summed E-state index contributed by atoms with van der Waals surface area (Å²) in [7, 11) is 1.45. The molecule has 4 amide bonds. The SMILES string of the molecule is COc1ccc(CN2C(=O)c3ccccc3C2=O)cc1C(=O)Nc1ccc(CC(N)=O)cc1. The number of methoxy groups -OCH3 is 1. The van der Waals surface area contributed by atoms with Gasteiger partial charge in [-0.15, -0.1) is 0 Å². The smallest absolute Gasteiger partial charge is 0.261 e. The van der Waals surface area contributed by atoms with E-state index in [1.807, 2.05) is 0 Å². The number of carbonyl (C=O) groups is 4. The van der Waals surface area contributed by atoms with Gasteiger partial charge in [0, 0.05) is 5.69 Å². The van der Waals surface area contributed by atoms with Crippen LogP contribution in [0, 0.1) is 0 Å². The van der Waals surface area contributed by atoms with Crippen molar-refractivity contribution in [2.75, 3.05) is 12.4 Å². The zero-order valence-corrected chi connectivity index (χ0v) is 17.8. The van der Waals surface area contributed by atoms with Crippen LogP contribution in [0.5, 0.6) is 5.75 Å². The fourth-order valence-corrected chi connectivity index (χ4v) is 3.70. The molecule has 0 aromatic heterocycles. The first-order chi connectivity index (χ1) is 15.9. The Morgan fingerprint density at radius 1 is 0.909 bits per heavy atom. The van der Waals surface area contributed by atoms with E-state index in [0.717, 1.165) is 10.5 Å². The van der Waals surface area contributed by atoms with Gasteiger partial charge < -0.3 is 15.8 Å². The molecule has 3 aromatic carbocycles. The standard InChI is InChI=1S/C25H21N3O5/c1-33-21-11-8-16(14-28-24(31)18-4-2-3-5-19(18)25(28)32)12-20(21)23(30)27-17-9-6-15(7-10-17)13-22(26)29/h2-12H,13-14H2,1H3,(H2,26,29)(H,27,30). The lowest BCUT2D eigenvalue weighted by Gasteiger charge is -2.16. The zero-order valence-electron chi connectivity index (χ0n) is 17.8. The molecule has 0 aliphatic carbocycles. The van der Waals surface area contributed by atoms with Gasteiger partial charge in [0.05, 0.1) is 36.8 Å². The Balaban J connectivity index is 1.53. The van der Waals surface area contributed by atoms with Gasteiger partial charge in [-0.3, -0.25) is 24.1 Å². The third-order valence-electron chi connectivity index (χ3n) is 5.32. The summed E-state index contributed by atoms with van der Waals surface area (Å²) in [5, 5.41) is 2.78. The first kappa shape index (κ1) is 21.8. The first-order valence-electron chi connectivity index (χ1n) is 10.2. The number of rotatable bonds is 7. The average molecular weight is 443 g/mol. The van der Waals surface area contributed by atoms with Crippen molar-refractivity contribution in [2.24, 2.45) is 5.73 Å². The quantitative estimate of drug-likeness (QED) is 0.544. The molecule has 1 aliphatic rings. The van der Waals surface area contributed by atoms with Gasteiger partial charge in [0.25, 0.3) is 17.7 Å². The van der Waals surface area contributed by atoms with Gasteiger partial charge in [-0.05, 0) is 47.5 Å². The van der Waals surface area contributed by atoms with Crippen molar-refractivity contribution >= 4 is 29.3 Å². The van der Waals surface area contributed by atoms with Gasteiger partial charge in [-0.2, -0.15) is 0 Å². The predicted molar refractivity (Wildman–Crippen MR) is 121 cm³/mol. The van der Waals surface area contributed by atoms with Gasteiger partial charge in [0.1, 0.15) is 5.75 Å². The number of benzene rings is 3. The van der Waals surface area contributed by atoms with Crippen molar-refractivity contribution in [2.45, 2.75) is 13.0 Å². The Labute approximate surface area is 190 Å². The van der Waals surface area contributed by atoms with Crippen molar-refractivity contribution in [1.29, 1.82) is 0 Å². The fourth-order valence-electron chi connectivity index (χ4n) is 3.70. The maximum atomic E-state index is 12.9. The van der Waals surface area contributed by atoms with Crippen molar-refractivity contribution in [3.8, 4) is 5.75 Å². The largest absolute Gasteiger partial charge is 0.496 e. The normalized spacial score (nSPS) is 12.5. The maximum Gasteiger partial charge on any atom is 0.261 e. The molecule has 8 nitrogen and oxygen atoms in total. The minimum Gasteiger partial charge on any atom is -0.496 e. The molecule has 33 heavy (non-hydrogen) atoms. The van der Waals surface area contributed by atoms with Gasteiger partial charge in [0.2, 0.25) is 5.91 Å². The number of hydrogen-bond acceptors (Lipinski definition) is 5. The molecule has 0 bridgehead atoms. The van der Waals surface area contributed by atoms with Crippen LogP contribution in [0.2, 0.25) is 0 Å². The summed E-state index contributed by atoms with van der Waals surface area (Å²) >= 11 is 0. The maximum absolute atomic E-state index is 12.9. The third-order valence-corrected chi connectivity index (χ3v) is 5.32. The molecule has 8 heteroatoms. The number of ether oxygens (including phenoxy) is 1. The molecule has 1 aliphatic heterocycles. The molecule has 0 spiro atoms. The molecular weight excluding hydrogens is 422 g/mol. The van der Waals surface area contributed by atoms with Crippen LogP contribution in [0.3, 0.4) is 0 Å². The van der Waals surface area contributed by atoms with Crippen molar-refractivity contribution < 1.29 is 23.9 Å². The van der Waals surface area contributed by atoms with Gasteiger partial charge in [-0.25, -0.2) is 0 Å². The minimum atomic E-state index is -0.439. The van der Waals surface area contributed by atoms with Crippen LogP contribution in [0.15, 0.2) is 66.7 Å². The van der Waals surface area contributed by atoms with Crippen LogP contribution in [-0.2, 0) is 17.8 Å². The summed E-state index contributed by atoms with van der Waals surface area (Å²) < 4.78 is 5.33. The monoisotopic (exact) mass is 443 g/mol.